The van der Waals surface area contributed by atoms with Crippen LogP contribution in [0.2, 0.25) is 0 Å². The summed E-state index contributed by atoms with van der Waals surface area (Å²) in [6, 6.07) is 8.65. The number of methoxy groups -OCH3 is 1. The maximum absolute atomic E-state index is 12.5. The third-order valence-corrected chi connectivity index (χ3v) is 3.65. The molecule has 2 rings (SSSR count). The van der Waals surface area contributed by atoms with Gasteiger partial charge in [0.25, 0.3) is 0 Å². The lowest BCUT2D eigenvalue weighted by molar-refractivity contribution is 0.0728. The van der Waals surface area contributed by atoms with E-state index in [9.17, 15) is 9.59 Å². The van der Waals surface area contributed by atoms with Crippen LogP contribution >= 0.6 is 0 Å². The monoisotopic (exact) mass is 312 g/mol. The van der Waals surface area contributed by atoms with Crippen molar-refractivity contribution >= 4 is 11.8 Å². The van der Waals surface area contributed by atoms with Gasteiger partial charge in [-0.25, -0.2) is 4.79 Å². The zero-order chi connectivity index (χ0) is 17.1. The highest BCUT2D eigenvalue weighted by molar-refractivity contribution is 5.96. The van der Waals surface area contributed by atoms with E-state index < -0.39 is 5.97 Å². The van der Waals surface area contributed by atoms with E-state index in [1.807, 2.05) is 32.9 Å². The van der Waals surface area contributed by atoms with E-state index in [0.717, 1.165) is 16.7 Å². The van der Waals surface area contributed by atoms with Crippen LogP contribution in [0.1, 0.15) is 44.3 Å². The number of carbonyl (C=O) groups is 2. The van der Waals surface area contributed by atoms with Gasteiger partial charge >= 0.3 is 5.97 Å². The average molecular weight is 312 g/mol. The molecule has 2 aromatic rings. The minimum absolute atomic E-state index is 0.0774. The van der Waals surface area contributed by atoms with E-state index in [-0.39, 0.29) is 5.78 Å². The van der Waals surface area contributed by atoms with E-state index in [1.54, 1.807) is 18.2 Å². The van der Waals surface area contributed by atoms with Crippen molar-refractivity contribution in [3.8, 4) is 11.5 Å². The zero-order valence-electron chi connectivity index (χ0n) is 14.0. The Morgan fingerprint density at radius 3 is 2.04 bits per heavy atom. The Morgan fingerprint density at radius 2 is 1.52 bits per heavy atom. The Labute approximate surface area is 136 Å². The predicted octanol–water partition coefficient (Wildman–Crippen LogP) is 4.04. The van der Waals surface area contributed by atoms with Crippen LogP contribution in [-0.2, 0) is 0 Å². The van der Waals surface area contributed by atoms with Gasteiger partial charge in [0.15, 0.2) is 17.3 Å². The molecule has 0 radical (unpaired) electrons. The second kappa shape index (κ2) is 6.65. The van der Waals surface area contributed by atoms with Crippen molar-refractivity contribution in [2.75, 3.05) is 7.11 Å². The molecule has 0 saturated carbocycles. The number of hydrogen-bond donors (Lipinski definition) is 0. The minimum atomic E-state index is -0.436. The molecule has 0 heterocycles. The lowest BCUT2D eigenvalue weighted by Gasteiger charge is -2.13. The Bertz CT molecular complexity index is 752. The van der Waals surface area contributed by atoms with Crippen molar-refractivity contribution in [3.05, 3.63) is 58.1 Å². The van der Waals surface area contributed by atoms with Crippen molar-refractivity contribution in [3.63, 3.8) is 0 Å². The van der Waals surface area contributed by atoms with Crippen molar-refractivity contribution in [1.82, 2.24) is 0 Å². The van der Waals surface area contributed by atoms with E-state index in [0.29, 0.717) is 22.6 Å². The molecule has 0 aliphatic rings. The van der Waals surface area contributed by atoms with E-state index in [2.05, 4.69) is 0 Å². The first kappa shape index (κ1) is 16.7. The van der Waals surface area contributed by atoms with Crippen LogP contribution in [0.4, 0.5) is 0 Å². The molecule has 23 heavy (non-hydrogen) atoms. The molecule has 0 aliphatic heterocycles. The standard InChI is InChI=1S/C19H20O4/c1-11-8-12(2)18(13(3)9-11)19(21)23-16-7-6-15(14(4)20)10-17(16)22-5/h6-10H,1-5H3. The fourth-order valence-corrected chi connectivity index (χ4v) is 2.62. The normalized spacial score (nSPS) is 10.3. The van der Waals surface area contributed by atoms with Crippen LogP contribution < -0.4 is 9.47 Å². The number of carbonyl (C=O) groups excluding carboxylic acids is 2. The highest BCUT2D eigenvalue weighted by atomic mass is 16.6. The first-order chi connectivity index (χ1) is 10.8. The van der Waals surface area contributed by atoms with E-state index in [1.165, 1.54) is 14.0 Å². The number of ketones is 1. The van der Waals surface area contributed by atoms with E-state index in [4.69, 9.17) is 9.47 Å². The van der Waals surface area contributed by atoms with Crippen molar-refractivity contribution in [2.45, 2.75) is 27.7 Å². The molecule has 0 bridgehead atoms. The summed E-state index contributed by atoms with van der Waals surface area (Å²) in [5, 5.41) is 0. The summed E-state index contributed by atoms with van der Waals surface area (Å²) in [4.78, 5) is 23.9. The summed E-state index contributed by atoms with van der Waals surface area (Å²) in [5.74, 6) is 0.135. The molecule has 0 aromatic heterocycles. The lowest BCUT2D eigenvalue weighted by Crippen LogP contribution is -2.13. The largest absolute Gasteiger partial charge is 0.493 e. The van der Waals surface area contributed by atoms with Gasteiger partial charge in [-0.1, -0.05) is 17.7 Å². The first-order valence-electron chi connectivity index (χ1n) is 7.32. The first-order valence-corrected chi connectivity index (χ1v) is 7.32. The number of benzene rings is 2. The molecule has 0 unspecified atom stereocenters. The SMILES string of the molecule is COc1cc(C(C)=O)ccc1OC(=O)c1c(C)cc(C)cc1C. The van der Waals surface area contributed by atoms with Gasteiger partial charge < -0.3 is 9.47 Å². The summed E-state index contributed by atoms with van der Waals surface area (Å²) in [7, 11) is 1.47. The lowest BCUT2D eigenvalue weighted by atomic mass is 10.00. The predicted molar refractivity (Wildman–Crippen MR) is 88.6 cm³/mol. The number of Topliss-reactive ketones (excluding diaryl/α,β-unsaturated/α-hetero) is 1. The molecule has 0 aliphatic carbocycles. The Morgan fingerprint density at radius 1 is 0.913 bits per heavy atom. The quantitative estimate of drug-likeness (QED) is 0.486. The Balaban J connectivity index is 2.36. The number of aryl methyl sites for hydroxylation is 3. The molecule has 0 atom stereocenters. The highest BCUT2D eigenvalue weighted by Gasteiger charge is 2.18. The number of ether oxygens (including phenoxy) is 2. The van der Waals surface area contributed by atoms with Gasteiger partial charge in [0.2, 0.25) is 0 Å². The molecule has 2 aromatic carbocycles. The van der Waals surface area contributed by atoms with Crippen molar-refractivity contribution in [2.24, 2.45) is 0 Å². The average Bonchev–Trinajstić information content (AvgIpc) is 2.46. The van der Waals surface area contributed by atoms with Crippen LogP contribution in [0.5, 0.6) is 11.5 Å². The van der Waals surface area contributed by atoms with Crippen LogP contribution in [0.15, 0.2) is 30.3 Å². The molecule has 0 amide bonds. The molecule has 4 nitrogen and oxygen atoms in total. The van der Waals surface area contributed by atoms with Gasteiger partial charge in [-0.05, 0) is 57.0 Å². The molecule has 0 N–H and O–H groups in total. The van der Waals surface area contributed by atoms with Crippen LogP contribution in [0.3, 0.4) is 0 Å². The Kier molecular flexibility index (Phi) is 4.84. The summed E-state index contributed by atoms with van der Waals surface area (Å²) in [6.45, 7) is 7.22. The van der Waals surface area contributed by atoms with Gasteiger partial charge in [0.05, 0.1) is 12.7 Å². The highest BCUT2D eigenvalue weighted by Crippen LogP contribution is 2.30. The van der Waals surface area contributed by atoms with Gasteiger partial charge in [-0.3, -0.25) is 4.79 Å². The van der Waals surface area contributed by atoms with Gasteiger partial charge in [-0.2, -0.15) is 0 Å². The third kappa shape index (κ3) is 3.59. The third-order valence-electron chi connectivity index (χ3n) is 3.65. The number of rotatable bonds is 4. The van der Waals surface area contributed by atoms with Crippen molar-refractivity contribution in [1.29, 1.82) is 0 Å². The maximum atomic E-state index is 12.5. The summed E-state index contributed by atoms with van der Waals surface area (Å²) in [5.41, 5.74) is 3.89. The smallest absolute Gasteiger partial charge is 0.344 e. The topological polar surface area (TPSA) is 52.6 Å². The fraction of sp³-hybridized carbons (Fsp3) is 0.263. The summed E-state index contributed by atoms with van der Waals surface area (Å²) >= 11 is 0. The molecular formula is C19H20O4. The molecule has 0 saturated heterocycles. The maximum Gasteiger partial charge on any atom is 0.344 e. The second-order valence-corrected chi connectivity index (χ2v) is 5.59. The summed E-state index contributed by atoms with van der Waals surface area (Å²) < 4.78 is 10.7. The van der Waals surface area contributed by atoms with Crippen LogP contribution in [-0.4, -0.2) is 18.9 Å². The molecule has 0 fully saturated rings. The molecule has 4 heteroatoms. The molecular weight excluding hydrogens is 292 g/mol. The van der Waals surface area contributed by atoms with Crippen molar-refractivity contribution < 1.29 is 19.1 Å². The fourth-order valence-electron chi connectivity index (χ4n) is 2.62. The minimum Gasteiger partial charge on any atom is -0.493 e. The van der Waals surface area contributed by atoms with Gasteiger partial charge in [0, 0.05) is 5.56 Å². The van der Waals surface area contributed by atoms with Crippen LogP contribution in [0.25, 0.3) is 0 Å². The summed E-state index contributed by atoms with van der Waals surface area (Å²) in [6.07, 6.45) is 0. The zero-order valence-corrected chi connectivity index (χ0v) is 14.0. The molecule has 120 valence electrons. The number of hydrogen-bond acceptors (Lipinski definition) is 4. The van der Waals surface area contributed by atoms with Gasteiger partial charge in [-0.15, -0.1) is 0 Å². The second-order valence-electron chi connectivity index (χ2n) is 5.59. The van der Waals surface area contributed by atoms with E-state index >= 15 is 0 Å². The molecule has 0 spiro atoms. The van der Waals surface area contributed by atoms with Crippen LogP contribution in [0, 0.1) is 20.8 Å². The van der Waals surface area contributed by atoms with Gasteiger partial charge in [0.1, 0.15) is 0 Å². The Hall–Kier alpha value is -2.62. The number of esters is 1.